The van der Waals surface area contributed by atoms with E-state index in [1.807, 2.05) is 0 Å². The molecule has 1 N–H and O–H groups in total. The molecular formula is C18H28N2. The summed E-state index contributed by atoms with van der Waals surface area (Å²) in [7, 11) is 0. The second-order valence-corrected chi connectivity index (χ2v) is 6.81. The average Bonchev–Trinajstić information content (AvgIpc) is 2.95. The van der Waals surface area contributed by atoms with Crippen LogP contribution in [0.1, 0.15) is 51.0 Å². The van der Waals surface area contributed by atoms with Crippen molar-refractivity contribution in [3.05, 3.63) is 23.8 Å². The third-order valence-electron chi connectivity index (χ3n) is 4.98. The van der Waals surface area contributed by atoms with Crippen LogP contribution in [-0.2, 0) is 0 Å². The zero-order chi connectivity index (χ0) is 13.9. The lowest BCUT2D eigenvalue weighted by atomic mass is 9.87. The quantitative estimate of drug-likeness (QED) is 0.866. The van der Waals surface area contributed by atoms with Gasteiger partial charge < -0.3 is 10.2 Å². The molecule has 0 bridgehead atoms. The van der Waals surface area contributed by atoms with E-state index in [2.05, 4.69) is 42.3 Å². The van der Waals surface area contributed by atoms with E-state index in [1.54, 1.807) is 0 Å². The lowest BCUT2D eigenvalue weighted by Gasteiger charge is -2.29. The van der Waals surface area contributed by atoms with Crippen LogP contribution in [0.2, 0.25) is 0 Å². The van der Waals surface area contributed by atoms with Gasteiger partial charge in [0.25, 0.3) is 0 Å². The summed E-state index contributed by atoms with van der Waals surface area (Å²) in [6.07, 6.45) is 8.14. The summed E-state index contributed by atoms with van der Waals surface area (Å²) >= 11 is 0. The predicted molar refractivity (Wildman–Crippen MR) is 87.7 cm³/mol. The SMILES string of the molecule is Cc1cc(N2CCCC2)ccc1NC1CCCC(C)C1. The molecule has 0 amide bonds. The first-order valence-electron chi connectivity index (χ1n) is 8.34. The summed E-state index contributed by atoms with van der Waals surface area (Å²) in [5.41, 5.74) is 4.14. The molecule has 1 aliphatic carbocycles. The fourth-order valence-corrected chi connectivity index (χ4v) is 3.77. The molecule has 0 radical (unpaired) electrons. The first-order chi connectivity index (χ1) is 9.72. The highest BCUT2D eigenvalue weighted by molar-refractivity contribution is 5.60. The lowest BCUT2D eigenvalue weighted by molar-refractivity contribution is 0.358. The molecule has 1 saturated heterocycles. The van der Waals surface area contributed by atoms with Crippen LogP contribution in [0.4, 0.5) is 11.4 Å². The predicted octanol–water partition coefficient (Wildman–Crippen LogP) is 4.59. The number of nitrogens with one attached hydrogen (secondary N) is 1. The standard InChI is InChI=1S/C18H28N2/c1-14-6-5-7-16(12-14)19-18-9-8-17(13-15(18)2)20-10-3-4-11-20/h8-9,13-14,16,19H,3-7,10-12H2,1-2H3. The van der Waals surface area contributed by atoms with Gasteiger partial charge in [-0.2, -0.15) is 0 Å². The molecule has 0 aromatic heterocycles. The van der Waals surface area contributed by atoms with Crippen LogP contribution in [0.5, 0.6) is 0 Å². The molecule has 2 atom stereocenters. The van der Waals surface area contributed by atoms with E-state index in [1.165, 1.54) is 68.6 Å². The molecule has 0 spiro atoms. The van der Waals surface area contributed by atoms with E-state index in [-0.39, 0.29) is 0 Å². The molecule has 1 saturated carbocycles. The summed E-state index contributed by atoms with van der Waals surface area (Å²) in [5, 5.41) is 3.78. The summed E-state index contributed by atoms with van der Waals surface area (Å²) in [4.78, 5) is 2.51. The van der Waals surface area contributed by atoms with Crippen LogP contribution in [0.25, 0.3) is 0 Å². The van der Waals surface area contributed by atoms with E-state index < -0.39 is 0 Å². The number of anilines is 2. The van der Waals surface area contributed by atoms with Crippen molar-refractivity contribution in [1.29, 1.82) is 0 Å². The molecule has 1 aromatic carbocycles. The van der Waals surface area contributed by atoms with Gasteiger partial charge in [0.15, 0.2) is 0 Å². The number of hydrogen-bond acceptors (Lipinski definition) is 2. The molecule has 2 unspecified atom stereocenters. The summed E-state index contributed by atoms with van der Waals surface area (Å²) in [6, 6.07) is 7.63. The van der Waals surface area contributed by atoms with Crippen molar-refractivity contribution in [3.8, 4) is 0 Å². The normalized spacial score (nSPS) is 26.8. The number of aryl methyl sites for hydroxylation is 1. The first kappa shape index (κ1) is 13.8. The van der Waals surface area contributed by atoms with Gasteiger partial charge >= 0.3 is 0 Å². The second-order valence-electron chi connectivity index (χ2n) is 6.81. The lowest BCUT2D eigenvalue weighted by Crippen LogP contribution is -2.26. The van der Waals surface area contributed by atoms with Crippen molar-refractivity contribution in [2.45, 2.75) is 58.4 Å². The van der Waals surface area contributed by atoms with Gasteiger partial charge in [-0.1, -0.05) is 19.8 Å². The maximum atomic E-state index is 3.78. The minimum Gasteiger partial charge on any atom is -0.382 e. The fourth-order valence-electron chi connectivity index (χ4n) is 3.77. The highest BCUT2D eigenvalue weighted by Gasteiger charge is 2.19. The Hall–Kier alpha value is -1.18. The van der Waals surface area contributed by atoms with Crippen LogP contribution in [0, 0.1) is 12.8 Å². The Morgan fingerprint density at radius 2 is 1.90 bits per heavy atom. The van der Waals surface area contributed by atoms with E-state index in [0.29, 0.717) is 6.04 Å². The van der Waals surface area contributed by atoms with Crippen molar-refractivity contribution in [3.63, 3.8) is 0 Å². The molecular weight excluding hydrogens is 244 g/mol. The van der Waals surface area contributed by atoms with Gasteiger partial charge in [-0.15, -0.1) is 0 Å². The van der Waals surface area contributed by atoms with E-state index >= 15 is 0 Å². The smallest absolute Gasteiger partial charge is 0.0373 e. The Balaban J connectivity index is 1.67. The Bertz CT molecular complexity index is 449. The number of hydrogen-bond donors (Lipinski definition) is 1. The number of nitrogens with zero attached hydrogens (tertiary/aromatic N) is 1. The molecule has 2 fully saturated rings. The average molecular weight is 272 g/mol. The van der Waals surface area contributed by atoms with Crippen LogP contribution >= 0.6 is 0 Å². The largest absolute Gasteiger partial charge is 0.382 e. The molecule has 2 heteroatoms. The number of benzene rings is 1. The monoisotopic (exact) mass is 272 g/mol. The maximum Gasteiger partial charge on any atom is 0.0373 e. The van der Waals surface area contributed by atoms with Crippen molar-refractivity contribution < 1.29 is 0 Å². The van der Waals surface area contributed by atoms with Crippen molar-refractivity contribution in [2.75, 3.05) is 23.3 Å². The molecule has 2 aliphatic rings. The van der Waals surface area contributed by atoms with Crippen LogP contribution in [-0.4, -0.2) is 19.1 Å². The topological polar surface area (TPSA) is 15.3 Å². The van der Waals surface area contributed by atoms with Gasteiger partial charge in [-0.25, -0.2) is 0 Å². The summed E-state index contributed by atoms with van der Waals surface area (Å²) in [5.74, 6) is 0.880. The van der Waals surface area contributed by atoms with Gasteiger partial charge in [0.1, 0.15) is 0 Å². The van der Waals surface area contributed by atoms with Crippen molar-refractivity contribution in [2.24, 2.45) is 5.92 Å². The van der Waals surface area contributed by atoms with Crippen LogP contribution < -0.4 is 10.2 Å². The zero-order valence-electron chi connectivity index (χ0n) is 13.0. The van der Waals surface area contributed by atoms with Gasteiger partial charge in [-0.3, -0.25) is 0 Å². The number of rotatable bonds is 3. The molecule has 20 heavy (non-hydrogen) atoms. The molecule has 1 aliphatic heterocycles. The van der Waals surface area contributed by atoms with Crippen molar-refractivity contribution >= 4 is 11.4 Å². The Kier molecular flexibility index (Phi) is 4.18. The summed E-state index contributed by atoms with van der Waals surface area (Å²) < 4.78 is 0. The van der Waals surface area contributed by atoms with Gasteiger partial charge in [0.05, 0.1) is 0 Å². The van der Waals surface area contributed by atoms with Crippen LogP contribution in [0.15, 0.2) is 18.2 Å². The molecule has 2 nitrogen and oxygen atoms in total. The van der Waals surface area contributed by atoms with Gasteiger partial charge in [-0.05, 0) is 62.3 Å². The molecule has 1 heterocycles. The Labute approximate surface area is 123 Å². The highest BCUT2D eigenvalue weighted by Crippen LogP contribution is 2.29. The second kappa shape index (κ2) is 6.07. The Morgan fingerprint density at radius 3 is 2.60 bits per heavy atom. The Morgan fingerprint density at radius 1 is 1.10 bits per heavy atom. The van der Waals surface area contributed by atoms with Crippen molar-refractivity contribution in [1.82, 2.24) is 0 Å². The van der Waals surface area contributed by atoms with Gasteiger partial charge in [0, 0.05) is 30.5 Å². The summed E-state index contributed by atoms with van der Waals surface area (Å²) in [6.45, 7) is 7.09. The zero-order valence-corrected chi connectivity index (χ0v) is 13.0. The van der Waals surface area contributed by atoms with E-state index in [9.17, 15) is 0 Å². The third kappa shape index (κ3) is 3.11. The van der Waals surface area contributed by atoms with Gasteiger partial charge in [0.2, 0.25) is 0 Å². The van der Waals surface area contributed by atoms with E-state index in [0.717, 1.165) is 5.92 Å². The fraction of sp³-hybridized carbons (Fsp3) is 0.667. The molecule has 1 aromatic rings. The molecule has 3 rings (SSSR count). The molecule has 110 valence electrons. The van der Waals surface area contributed by atoms with Crippen LogP contribution in [0.3, 0.4) is 0 Å². The maximum absolute atomic E-state index is 3.78. The van der Waals surface area contributed by atoms with E-state index in [4.69, 9.17) is 0 Å². The highest BCUT2D eigenvalue weighted by atomic mass is 15.1. The third-order valence-corrected chi connectivity index (χ3v) is 4.98. The minimum atomic E-state index is 0.676. The minimum absolute atomic E-state index is 0.676. The first-order valence-corrected chi connectivity index (χ1v) is 8.34.